The van der Waals surface area contributed by atoms with E-state index in [4.69, 9.17) is 16.0 Å². The van der Waals surface area contributed by atoms with Crippen molar-refractivity contribution in [1.29, 1.82) is 0 Å². The quantitative estimate of drug-likeness (QED) is 0.225. The highest BCUT2D eigenvalue weighted by atomic mass is 35.5. The minimum absolute atomic E-state index is 0.0182. The number of aromatic nitrogens is 2. The van der Waals surface area contributed by atoms with E-state index in [1.165, 1.54) is 12.1 Å². The summed E-state index contributed by atoms with van der Waals surface area (Å²) < 4.78 is 46.8. The summed E-state index contributed by atoms with van der Waals surface area (Å²) in [4.78, 5) is 28.6. The topological polar surface area (TPSA) is 77.7 Å². The lowest BCUT2D eigenvalue weighted by atomic mass is 10.0. The van der Waals surface area contributed by atoms with Crippen molar-refractivity contribution in [3.63, 3.8) is 0 Å². The second-order valence-electron chi connectivity index (χ2n) is 11.1. The molecule has 5 heterocycles. The molecule has 0 atom stereocenters. The van der Waals surface area contributed by atoms with E-state index in [-0.39, 0.29) is 23.0 Å². The predicted molar refractivity (Wildman–Crippen MR) is 168 cm³/mol. The molecule has 12 heteroatoms. The van der Waals surface area contributed by atoms with Crippen molar-refractivity contribution in [3.8, 4) is 11.1 Å². The molecule has 0 saturated carbocycles. The third kappa shape index (κ3) is 5.75. The van der Waals surface area contributed by atoms with Gasteiger partial charge in [0.2, 0.25) is 0 Å². The number of alkyl halides is 3. The van der Waals surface area contributed by atoms with Gasteiger partial charge in [-0.1, -0.05) is 23.7 Å². The molecule has 2 aliphatic heterocycles. The summed E-state index contributed by atoms with van der Waals surface area (Å²) >= 11 is 6.09. The highest BCUT2D eigenvalue weighted by Crippen LogP contribution is 2.37. The molecule has 0 aliphatic carbocycles. The molecule has 230 valence electrons. The van der Waals surface area contributed by atoms with Crippen LogP contribution in [0.4, 0.5) is 30.5 Å². The van der Waals surface area contributed by atoms with E-state index < -0.39 is 11.7 Å². The van der Waals surface area contributed by atoms with E-state index in [1.54, 1.807) is 24.7 Å². The Balaban J connectivity index is 1.10. The summed E-state index contributed by atoms with van der Waals surface area (Å²) in [6.07, 6.45) is 0.590. The second-order valence-corrected chi connectivity index (χ2v) is 11.5. The van der Waals surface area contributed by atoms with Gasteiger partial charge >= 0.3 is 6.18 Å². The van der Waals surface area contributed by atoms with E-state index in [9.17, 15) is 18.0 Å². The van der Waals surface area contributed by atoms with Gasteiger partial charge in [0, 0.05) is 74.4 Å². The van der Waals surface area contributed by atoms with Crippen molar-refractivity contribution in [2.75, 3.05) is 54.4 Å². The van der Waals surface area contributed by atoms with Crippen LogP contribution in [0.5, 0.6) is 0 Å². The van der Waals surface area contributed by atoms with E-state index in [1.807, 2.05) is 46.2 Å². The highest BCUT2D eigenvalue weighted by molar-refractivity contribution is 6.30. The molecule has 45 heavy (non-hydrogen) atoms. The Labute approximate surface area is 262 Å². The summed E-state index contributed by atoms with van der Waals surface area (Å²) in [6.45, 7) is 3.41. The maximum atomic E-state index is 13.8. The zero-order valence-electron chi connectivity index (χ0n) is 24.0. The number of halogens is 4. The molecule has 1 fully saturated rings. The molecular formula is C33H28ClF3N6O2. The molecule has 5 aromatic rings. The van der Waals surface area contributed by atoms with Crippen molar-refractivity contribution in [1.82, 2.24) is 14.9 Å². The Hall–Kier alpha value is -4.77. The third-order valence-corrected chi connectivity index (χ3v) is 8.52. The summed E-state index contributed by atoms with van der Waals surface area (Å²) in [7, 11) is 0. The van der Waals surface area contributed by atoms with Crippen LogP contribution in [-0.4, -0.2) is 60.0 Å². The number of hydrogen-bond donors (Lipinski definition) is 1. The van der Waals surface area contributed by atoms with Crippen LogP contribution in [0.2, 0.25) is 5.02 Å². The second kappa shape index (κ2) is 11.6. The van der Waals surface area contributed by atoms with Gasteiger partial charge in [0.15, 0.2) is 0 Å². The number of amides is 1. The number of carbonyl (C=O) groups excluding carboxylic acids is 1. The van der Waals surface area contributed by atoms with Gasteiger partial charge in [-0.15, -0.1) is 0 Å². The standard InChI is InChI=1S/C33H28ClF3N6O2/c34-25-4-5-27(33(35,36)37)24(17-25)20-43-10-9-38-30-28(43)18-23(19-40-30)21-2-1-3-22(16-21)32(44)42-13-11-41(12-14-42)31-26-7-15-45-29(26)6-8-39-31/h1-8,15-19H,9-14,20H2,(H,38,40). The van der Waals surface area contributed by atoms with E-state index in [0.29, 0.717) is 56.3 Å². The number of nitrogens with zero attached hydrogens (tertiary/aromatic N) is 5. The first-order valence-corrected chi connectivity index (χ1v) is 14.9. The van der Waals surface area contributed by atoms with Crippen LogP contribution in [0.1, 0.15) is 21.5 Å². The van der Waals surface area contributed by atoms with Gasteiger partial charge in [-0.25, -0.2) is 9.97 Å². The van der Waals surface area contributed by atoms with Gasteiger partial charge in [-0.2, -0.15) is 13.2 Å². The minimum atomic E-state index is -4.50. The van der Waals surface area contributed by atoms with Crippen molar-refractivity contribution in [3.05, 3.63) is 101 Å². The molecule has 0 radical (unpaired) electrons. The molecular weight excluding hydrogens is 605 g/mol. The van der Waals surface area contributed by atoms with Gasteiger partial charge in [0.1, 0.15) is 17.2 Å². The number of fused-ring (bicyclic) bond motifs is 2. The number of hydrogen-bond acceptors (Lipinski definition) is 7. The first-order chi connectivity index (χ1) is 21.7. The maximum absolute atomic E-state index is 13.8. The fourth-order valence-corrected chi connectivity index (χ4v) is 6.22. The number of carbonyl (C=O) groups is 1. The summed E-state index contributed by atoms with van der Waals surface area (Å²) in [5, 5.41) is 4.43. The minimum Gasteiger partial charge on any atom is -0.464 e. The molecule has 8 nitrogen and oxygen atoms in total. The molecule has 1 saturated heterocycles. The third-order valence-electron chi connectivity index (χ3n) is 8.28. The number of benzene rings is 2. The fourth-order valence-electron chi connectivity index (χ4n) is 6.03. The summed E-state index contributed by atoms with van der Waals surface area (Å²) in [6, 6.07) is 16.7. The van der Waals surface area contributed by atoms with Crippen molar-refractivity contribution in [2.45, 2.75) is 12.7 Å². The lowest BCUT2D eigenvalue weighted by Gasteiger charge is -2.35. The van der Waals surface area contributed by atoms with Gasteiger partial charge in [0.25, 0.3) is 5.91 Å². The van der Waals surface area contributed by atoms with Crippen molar-refractivity contribution in [2.24, 2.45) is 0 Å². The van der Waals surface area contributed by atoms with Crippen molar-refractivity contribution < 1.29 is 22.4 Å². The average molecular weight is 633 g/mol. The highest BCUT2D eigenvalue weighted by Gasteiger charge is 2.34. The van der Waals surface area contributed by atoms with Crippen LogP contribution in [-0.2, 0) is 12.7 Å². The predicted octanol–water partition coefficient (Wildman–Crippen LogP) is 6.96. The van der Waals surface area contributed by atoms with Gasteiger partial charge in [-0.05, 0) is 59.7 Å². The van der Waals surface area contributed by atoms with Crippen LogP contribution >= 0.6 is 11.6 Å². The molecule has 3 aromatic heterocycles. The van der Waals surface area contributed by atoms with Crippen molar-refractivity contribution >= 4 is 45.8 Å². The Kier molecular flexibility index (Phi) is 7.48. The molecule has 2 aromatic carbocycles. The lowest BCUT2D eigenvalue weighted by Crippen LogP contribution is -2.49. The first kappa shape index (κ1) is 29.0. The smallest absolute Gasteiger partial charge is 0.416 e. The molecule has 2 aliphatic rings. The van der Waals surface area contributed by atoms with Crippen LogP contribution in [0.15, 0.2) is 83.7 Å². The number of piperazine rings is 1. The Bertz CT molecular complexity index is 1890. The van der Waals surface area contributed by atoms with Gasteiger partial charge in [-0.3, -0.25) is 4.79 Å². The zero-order valence-corrected chi connectivity index (χ0v) is 24.8. The molecule has 7 rings (SSSR count). The Morgan fingerprint density at radius 2 is 1.80 bits per heavy atom. The van der Waals surface area contributed by atoms with Gasteiger partial charge < -0.3 is 24.4 Å². The number of rotatable bonds is 5. The fraction of sp³-hybridized carbons (Fsp3) is 0.242. The Morgan fingerprint density at radius 3 is 2.62 bits per heavy atom. The van der Waals surface area contributed by atoms with E-state index in [2.05, 4.69) is 20.2 Å². The molecule has 1 N–H and O–H groups in total. The van der Waals surface area contributed by atoms with Crippen LogP contribution in [0.25, 0.3) is 22.1 Å². The number of nitrogens with one attached hydrogen (secondary N) is 1. The van der Waals surface area contributed by atoms with Crippen LogP contribution in [0, 0.1) is 0 Å². The average Bonchev–Trinajstić information content (AvgIpc) is 3.53. The van der Waals surface area contributed by atoms with Gasteiger partial charge in [0.05, 0.1) is 22.9 Å². The summed E-state index contributed by atoms with van der Waals surface area (Å²) in [5.41, 5.74) is 2.94. The molecule has 0 bridgehead atoms. The molecule has 0 unspecified atom stereocenters. The maximum Gasteiger partial charge on any atom is 0.416 e. The Morgan fingerprint density at radius 1 is 0.956 bits per heavy atom. The zero-order chi connectivity index (χ0) is 31.1. The van der Waals surface area contributed by atoms with E-state index >= 15 is 0 Å². The molecule has 0 spiro atoms. The summed E-state index contributed by atoms with van der Waals surface area (Å²) in [5.74, 6) is 1.37. The lowest BCUT2D eigenvalue weighted by molar-refractivity contribution is -0.138. The first-order valence-electron chi connectivity index (χ1n) is 14.6. The molecule has 1 amide bonds. The van der Waals surface area contributed by atoms with Crippen LogP contribution in [0.3, 0.4) is 0 Å². The number of furan rings is 1. The number of pyridine rings is 2. The normalized spacial score (nSPS) is 15.2. The number of anilines is 3. The largest absolute Gasteiger partial charge is 0.464 e. The van der Waals surface area contributed by atoms with Crippen LogP contribution < -0.4 is 15.1 Å². The van der Waals surface area contributed by atoms with E-state index in [0.717, 1.165) is 34.0 Å². The monoisotopic (exact) mass is 632 g/mol. The SMILES string of the molecule is O=C(c1cccc(-c2cnc3c(c2)N(Cc2cc(Cl)ccc2C(F)(F)F)CCN3)c1)N1CCN(c2nccc3occc23)CC1.